The number of hydrogen-bond donors (Lipinski definition) is 1. The summed E-state index contributed by atoms with van der Waals surface area (Å²) in [6.07, 6.45) is 3.31. The number of rotatable bonds is 4. The molecule has 2 heteroatoms. The lowest BCUT2D eigenvalue weighted by Crippen LogP contribution is -2.43. The molecule has 0 aliphatic rings. The van der Waals surface area contributed by atoms with Crippen LogP contribution in [-0.4, -0.2) is 11.3 Å². The molecule has 2 N–H and O–H groups in total. The molecular formula is C10H19NO. The van der Waals surface area contributed by atoms with Crippen LogP contribution in [0.5, 0.6) is 0 Å². The molecule has 1 unspecified atom stereocenters. The predicted molar refractivity (Wildman–Crippen MR) is 51.9 cm³/mol. The lowest BCUT2D eigenvalue weighted by molar-refractivity contribution is -0.119. The predicted octanol–water partition coefficient (Wildman–Crippen LogP) is 2.04. The maximum atomic E-state index is 11.5. The highest BCUT2D eigenvalue weighted by molar-refractivity contribution is 5.97. The monoisotopic (exact) mass is 169 g/mol. The highest BCUT2D eigenvalue weighted by atomic mass is 16.1. The van der Waals surface area contributed by atoms with E-state index in [4.69, 9.17) is 5.73 Å². The van der Waals surface area contributed by atoms with Crippen LogP contribution in [0.1, 0.15) is 40.5 Å². The van der Waals surface area contributed by atoms with Gasteiger partial charge in [0.25, 0.3) is 0 Å². The molecule has 2 nitrogen and oxygen atoms in total. The van der Waals surface area contributed by atoms with Gasteiger partial charge in [-0.3, -0.25) is 4.79 Å². The Kier molecular flexibility index (Phi) is 4.18. The zero-order valence-corrected chi connectivity index (χ0v) is 8.48. The molecular weight excluding hydrogens is 150 g/mol. The highest BCUT2D eigenvalue weighted by Crippen LogP contribution is 2.11. The Balaban J connectivity index is 4.36. The van der Waals surface area contributed by atoms with Crippen molar-refractivity contribution in [2.24, 2.45) is 5.73 Å². The van der Waals surface area contributed by atoms with E-state index in [1.54, 1.807) is 13.0 Å². The van der Waals surface area contributed by atoms with Crippen LogP contribution in [0.4, 0.5) is 0 Å². The van der Waals surface area contributed by atoms with Crippen LogP contribution < -0.4 is 5.73 Å². The third-order valence-electron chi connectivity index (χ3n) is 1.75. The average Bonchev–Trinajstić information content (AvgIpc) is 1.85. The highest BCUT2D eigenvalue weighted by Gasteiger charge is 2.24. The van der Waals surface area contributed by atoms with Crippen LogP contribution >= 0.6 is 0 Å². The number of carbonyl (C=O) groups excluding carboxylic acids is 1. The number of hydrogen-bond acceptors (Lipinski definition) is 2. The third-order valence-corrected chi connectivity index (χ3v) is 1.75. The summed E-state index contributed by atoms with van der Waals surface area (Å²) in [6, 6.07) is 0. The molecule has 0 heterocycles. The number of ketones is 1. The number of nitrogens with two attached hydrogens (primary N) is 1. The van der Waals surface area contributed by atoms with Crippen molar-refractivity contribution in [1.29, 1.82) is 0 Å². The summed E-state index contributed by atoms with van der Waals surface area (Å²) in [6.45, 7) is 7.62. The standard InChI is InChI=1S/C10H19NO/c1-5-6-10(4,11)9(12)7-8(2)3/h7H,5-6,11H2,1-4H3. The Labute approximate surface area is 74.8 Å². The Morgan fingerprint density at radius 2 is 2.00 bits per heavy atom. The summed E-state index contributed by atoms with van der Waals surface area (Å²) in [5.74, 6) is 0.0318. The van der Waals surface area contributed by atoms with E-state index in [0.29, 0.717) is 0 Å². The molecule has 1 atom stereocenters. The fourth-order valence-corrected chi connectivity index (χ4v) is 1.07. The van der Waals surface area contributed by atoms with Crippen LogP contribution in [0.3, 0.4) is 0 Å². The van der Waals surface area contributed by atoms with Crippen molar-refractivity contribution in [1.82, 2.24) is 0 Å². The molecule has 0 aromatic rings. The van der Waals surface area contributed by atoms with E-state index < -0.39 is 5.54 Å². The summed E-state index contributed by atoms with van der Waals surface area (Å²) in [7, 11) is 0. The second kappa shape index (κ2) is 4.41. The van der Waals surface area contributed by atoms with E-state index >= 15 is 0 Å². The molecule has 0 aliphatic carbocycles. The third kappa shape index (κ3) is 3.67. The van der Waals surface area contributed by atoms with Crippen molar-refractivity contribution >= 4 is 5.78 Å². The molecule has 0 aromatic heterocycles. The molecule has 0 saturated heterocycles. The van der Waals surface area contributed by atoms with Crippen molar-refractivity contribution in [2.45, 2.75) is 46.1 Å². The van der Waals surface area contributed by atoms with Gasteiger partial charge in [0.15, 0.2) is 5.78 Å². The molecule has 12 heavy (non-hydrogen) atoms. The SMILES string of the molecule is CCCC(C)(N)C(=O)C=C(C)C. The van der Waals surface area contributed by atoms with E-state index in [1.165, 1.54) is 0 Å². The lowest BCUT2D eigenvalue weighted by Gasteiger charge is -2.20. The van der Waals surface area contributed by atoms with Gasteiger partial charge in [0.2, 0.25) is 0 Å². The fraction of sp³-hybridized carbons (Fsp3) is 0.700. The van der Waals surface area contributed by atoms with E-state index in [2.05, 4.69) is 0 Å². The Morgan fingerprint density at radius 3 is 2.33 bits per heavy atom. The molecule has 0 spiro atoms. The molecule has 0 radical (unpaired) electrons. The van der Waals surface area contributed by atoms with Gasteiger partial charge < -0.3 is 5.73 Å². The van der Waals surface area contributed by atoms with E-state index in [0.717, 1.165) is 18.4 Å². The summed E-state index contributed by atoms with van der Waals surface area (Å²) in [5, 5.41) is 0. The van der Waals surface area contributed by atoms with Crippen molar-refractivity contribution < 1.29 is 4.79 Å². The normalized spacial score (nSPS) is 15.1. The van der Waals surface area contributed by atoms with Gasteiger partial charge in [0, 0.05) is 0 Å². The maximum absolute atomic E-state index is 11.5. The zero-order valence-electron chi connectivity index (χ0n) is 8.48. The Hall–Kier alpha value is -0.630. The zero-order chi connectivity index (χ0) is 9.78. The van der Waals surface area contributed by atoms with Gasteiger partial charge in [-0.25, -0.2) is 0 Å². The Morgan fingerprint density at radius 1 is 1.50 bits per heavy atom. The van der Waals surface area contributed by atoms with Gasteiger partial charge in [-0.15, -0.1) is 0 Å². The topological polar surface area (TPSA) is 43.1 Å². The molecule has 0 rings (SSSR count). The van der Waals surface area contributed by atoms with Crippen LogP contribution in [0, 0.1) is 0 Å². The second-order valence-electron chi connectivity index (χ2n) is 3.75. The van der Waals surface area contributed by atoms with Crippen molar-refractivity contribution in [3.8, 4) is 0 Å². The van der Waals surface area contributed by atoms with E-state index in [1.807, 2.05) is 20.8 Å². The summed E-state index contributed by atoms with van der Waals surface area (Å²) < 4.78 is 0. The first-order valence-electron chi connectivity index (χ1n) is 4.38. The molecule has 70 valence electrons. The molecule has 0 bridgehead atoms. The van der Waals surface area contributed by atoms with Crippen LogP contribution in [0.25, 0.3) is 0 Å². The van der Waals surface area contributed by atoms with E-state index in [9.17, 15) is 4.79 Å². The fourth-order valence-electron chi connectivity index (χ4n) is 1.07. The van der Waals surface area contributed by atoms with Gasteiger partial charge in [-0.05, 0) is 33.3 Å². The largest absolute Gasteiger partial charge is 0.319 e. The van der Waals surface area contributed by atoms with Crippen molar-refractivity contribution in [3.05, 3.63) is 11.6 Å². The smallest absolute Gasteiger partial charge is 0.175 e. The molecule has 0 saturated carbocycles. The number of allylic oxidation sites excluding steroid dienone is 1. The Bertz CT molecular complexity index is 188. The molecule has 0 aromatic carbocycles. The molecule has 0 amide bonds. The second-order valence-corrected chi connectivity index (χ2v) is 3.75. The minimum absolute atomic E-state index is 0.0318. The summed E-state index contributed by atoms with van der Waals surface area (Å²) in [4.78, 5) is 11.5. The van der Waals surface area contributed by atoms with Gasteiger partial charge in [0.05, 0.1) is 5.54 Å². The average molecular weight is 169 g/mol. The lowest BCUT2D eigenvalue weighted by atomic mass is 9.91. The minimum atomic E-state index is -0.675. The maximum Gasteiger partial charge on any atom is 0.175 e. The quantitative estimate of drug-likeness (QED) is 0.654. The summed E-state index contributed by atoms with van der Waals surface area (Å²) >= 11 is 0. The van der Waals surface area contributed by atoms with Crippen molar-refractivity contribution in [2.75, 3.05) is 0 Å². The van der Waals surface area contributed by atoms with Gasteiger partial charge in [-0.1, -0.05) is 18.9 Å². The first-order chi connectivity index (χ1) is 5.40. The first kappa shape index (κ1) is 11.4. The van der Waals surface area contributed by atoms with Crippen molar-refractivity contribution in [3.63, 3.8) is 0 Å². The van der Waals surface area contributed by atoms with Gasteiger partial charge in [0.1, 0.15) is 0 Å². The van der Waals surface area contributed by atoms with Crippen LogP contribution in [-0.2, 0) is 4.79 Å². The van der Waals surface area contributed by atoms with Crippen LogP contribution in [0.15, 0.2) is 11.6 Å². The van der Waals surface area contributed by atoms with Gasteiger partial charge >= 0.3 is 0 Å². The summed E-state index contributed by atoms with van der Waals surface area (Å²) in [5.41, 5.74) is 6.16. The molecule has 0 fully saturated rings. The number of carbonyl (C=O) groups is 1. The molecule has 0 aliphatic heterocycles. The van der Waals surface area contributed by atoms with E-state index in [-0.39, 0.29) is 5.78 Å². The minimum Gasteiger partial charge on any atom is -0.319 e. The first-order valence-corrected chi connectivity index (χ1v) is 4.38. The van der Waals surface area contributed by atoms with Gasteiger partial charge in [-0.2, -0.15) is 0 Å². The van der Waals surface area contributed by atoms with Crippen LogP contribution in [0.2, 0.25) is 0 Å².